The molecule has 1 N–H and O–H groups in total. The van der Waals surface area contributed by atoms with E-state index in [0.29, 0.717) is 10.7 Å². The quantitative estimate of drug-likeness (QED) is 0.749. The second-order valence-electron chi connectivity index (χ2n) is 8.01. The average molecular weight is 452 g/mol. The minimum absolute atomic E-state index is 0.126. The van der Waals surface area contributed by atoms with Crippen molar-refractivity contribution in [2.24, 2.45) is 0 Å². The molecule has 2 aromatic rings. The summed E-state index contributed by atoms with van der Waals surface area (Å²) >= 11 is 5.89. The Morgan fingerprint density at radius 2 is 1.60 bits per heavy atom. The zero-order valence-electron chi connectivity index (χ0n) is 16.8. The molecule has 1 saturated heterocycles. The number of sulfonamides is 1. The monoisotopic (exact) mass is 451 g/mol. The summed E-state index contributed by atoms with van der Waals surface area (Å²) in [6.45, 7) is 3.04. The molecule has 1 aliphatic carbocycles. The highest BCUT2D eigenvalue weighted by Crippen LogP contribution is 2.28. The number of hydrogen-bond donors (Lipinski definition) is 1. The molecule has 0 unspecified atom stereocenters. The smallest absolute Gasteiger partial charge is 0.240 e. The first-order valence-corrected chi connectivity index (χ1v) is 12.3. The van der Waals surface area contributed by atoms with Crippen molar-refractivity contribution in [2.45, 2.75) is 42.7 Å². The third kappa shape index (κ3) is 4.80. The maximum atomic E-state index is 14.1. The molecule has 30 heavy (non-hydrogen) atoms. The van der Waals surface area contributed by atoms with E-state index in [1.54, 1.807) is 18.2 Å². The van der Waals surface area contributed by atoms with Crippen molar-refractivity contribution in [1.82, 2.24) is 9.62 Å². The fourth-order valence-corrected chi connectivity index (χ4v) is 6.00. The normalized spacial score (nSPS) is 23.5. The molecule has 162 valence electrons. The third-order valence-corrected chi connectivity index (χ3v) is 7.89. The van der Waals surface area contributed by atoms with Gasteiger partial charge in [0.05, 0.1) is 10.6 Å². The molecule has 5 nitrogen and oxygen atoms in total. The standard InChI is InChI=1S/C22H27ClFN3O2S/c23-17-9-11-18(12-10-17)30(28,29)25-20-6-2-4-8-22(20)27-15-13-26(14-16-27)21-7-3-1-5-19(21)24/h1,3,5,7,9-12,20,22,25H,2,4,6,8,13-16H2/t20-,22-/m1/s1. The Hall–Kier alpha value is -1.67. The van der Waals surface area contributed by atoms with Gasteiger partial charge in [-0.2, -0.15) is 0 Å². The van der Waals surface area contributed by atoms with Gasteiger partial charge in [0.15, 0.2) is 0 Å². The van der Waals surface area contributed by atoms with Gasteiger partial charge in [-0.15, -0.1) is 0 Å². The third-order valence-electron chi connectivity index (χ3n) is 6.14. The Kier molecular flexibility index (Phi) is 6.63. The lowest BCUT2D eigenvalue weighted by Crippen LogP contribution is -2.58. The van der Waals surface area contributed by atoms with Crippen LogP contribution in [0.15, 0.2) is 53.4 Å². The molecular weight excluding hydrogens is 425 g/mol. The molecule has 2 fully saturated rings. The molecule has 0 aromatic heterocycles. The van der Waals surface area contributed by atoms with Crippen LogP contribution >= 0.6 is 11.6 Å². The number of rotatable bonds is 5. The van der Waals surface area contributed by atoms with Gasteiger partial charge in [-0.1, -0.05) is 36.6 Å². The Bertz CT molecular complexity index is 963. The molecule has 2 aromatic carbocycles. The number of para-hydroxylation sites is 1. The van der Waals surface area contributed by atoms with Crippen LogP contribution in [-0.4, -0.2) is 51.6 Å². The summed E-state index contributed by atoms with van der Waals surface area (Å²) in [7, 11) is -3.60. The maximum absolute atomic E-state index is 14.1. The van der Waals surface area contributed by atoms with Gasteiger partial charge < -0.3 is 4.90 Å². The zero-order valence-corrected chi connectivity index (χ0v) is 18.4. The van der Waals surface area contributed by atoms with E-state index in [0.717, 1.165) is 51.9 Å². The fourth-order valence-electron chi connectivity index (χ4n) is 4.57. The number of benzene rings is 2. The van der Waals surface area contributed by atoms with Crippen molar-refractivity contribution in [3.05, 3.63) is 59.4 Å². The van der Waals surface area contributed by atoms with Crippen LogP contribution in [0.1, 0.15) is 25.7 Å². The van der Waals surface area contributed by atoms with Gasteiger partial charge in [0.25, 0.3) is 0 Å². The Balaban J connectivity index is 1.43. The lowest BCUT2D eigenvalue weighted by molar-refractivity contribution is 0.124. The van der Waals surface area contributed by atoms with Gasteiger partial charge in [-0.05, 0) is 49.2 Å². The summed E-state index contributed by atoms with van der Waals surface area (Å²) in [5, 5.41) is 0.511. The summed E-state index contributed by atoms with van der Waals surface area (Å²) in [5.74, 6) is -0.197. The van der Waals surface area contributed by atoms with E-state index >= 15 is 0 Å². The largest absolute Gasteiger partial charge is 0.367 e. The molecule has 2 atom stereocenters. The first-order valence-electron chi connectivity index (χ1n) is 10.5. The highest BCUT2D eigenvalue weighted by Gasteiger charge is 2.35. The molecule has 1 aliphatic heterocycles. The molecule has 0 bridgehead atoms. The molecule has 8 heteroatoms. The Morgan fingerprint density at radius 1 is 0.933 bits per heavy atom. The van der Waals surface area contributed by atoms with Gasteiger partial charge in [-0.25, -0.2) is 17.5 Å². The van der Waals surface area contributed by atoms with Crippen LogP contribution < -0.4 is 9.62 Å². The summed E-state index contributed by atoms with van der Waals surface area (Å²) in [6.07, 6.45) is 3.90. The predicted octanol–water partition coefficient (Wildman–Crippen LogP) is 3.89. The highest BCUT2D eigenvalue weighted by molar-refractivity contribution is 7.89. The lowest BCUT2D eigenvalue weighted by Gasteiger charge is -2.44. The molecule has 0 radical (unpaired) electrons. The van der Waals surface area contributed by atoms with E-state index in [1.165, 1.54) is 18.2 Å². The molecule has 0 amide bonds. The van der Waals surface area contributed by atoms with Gasteiger partial charge in [0, 0.05) is 43.3 Å². The van der Waals surface area contributed by atoms with Gasteiger partial charge >= 0.3 is 0 Å². The van der Waals surface area contributed by atoms with Crippen LogP contribution in [0.25, 0.3) is 0 Å². The van der Waals surface area contributed by atoms with Crippen LogP contribution in [0.5, 0.6) is 0 Å². The predicted molar refractivity (Wildman–Crippen MR) is 118 cm³/mol. The van der Waals surface area contributed by atoms with E-state index in [9.17, 15) is 12.8 Å². The van der Waals surface area contributed by atoms with Gasteiger partial charge in [0.2, 0.25) is 10.0 Å². The van der Waals surface area contributed by atoms with E-state index in [4.69, 9.17) is 11.6 Å². The zero-order chi connectivity index (χ0) is 21.1. The van der Waals surface area contributed by atoms with Crippen molar-refractivity contribution < 1.29 is 12.8 Å². The second kappa shape index (κ2) is 9.22. The van der Waals surface area contributed by atoms with Crippen LogP contribution in [-0.2, 0) is 10.0 Å². The second-order valence-corrected chi connectivity index (χ2v) is 10.2. The average Bonchev–Trinajstić information content (AvgIpc) is 2.75. The number of hydrogen-bond acceptors (Lipinski definition) is 4. The minimum atomic E-state index is -3.60. The number of piperazine rings is 1. The first-order chi connectivity index (χ1) is 14.4. The van der Waals surface area contributed by atoms with Crippen molar-refractivity contribution >= 4 is 27.3 Å². The van der Waals surface area contributed by atoms with Crippen molar-refractivity contribution in [3.63, 3.8) is 0 Å². The number of nitrogens with zero attached hydrogens (tertiary/aromatic N) is 2. The summed E-state index contributed by atoms with van der Waals surface area (Å²) in [4.78, 5) is 4.67. The van der Waals surface area contributed by atoms with Crippen molar-refractivity contribution in [1.29, 1.82) is 0 Å². The van der Waals surface area contributed by atoms with E-state index in [1.807, 2.05) is 12.1 Å². The topological polar surface area (TPSA) is 52.7 Å². The first kappa shape index (κ1) is 21.6. The summed E-state index contributed by atoms with van der Waals surface area (Å²) in [6, 6.07) is 13.2. The van der Waals surface area contributed by atoms with Crippen molar-refractivity contribution in [2.75, 3.05) is 31.1 Å². The molecule has 1 heterocycles. The number of nitrogens with one attached hydrogen (secondary N) is 1. The number of anilines is 1. The molecule has 4 rings (SSSR count). The lowest BCUT2D eigenvalue weighted by atomic mass is 9.89. The van der Waals surface area contributed by atoms with E-state index in [2.05, 4.69) is 14.5 Å². The highest BCUT2D eigenvalue weighted by atomic mass is 35.5. The van der Waals surface area contributed by atoms with E-state index < -0.39 is 10.0 Å². The fraction of sp³-hybridized carbons (Fsp3) is 0.455. The summed E-state index contributed by atoms with van der Waals surface area (Å²) < 4.78 is 42.8. The molecular formula is C22H27ClFN3O2S. The Labute approximate surface area is 182 Å². The van der Waals surface area contributed by atoms with Gasteiger partial charge in [0.1, 0.15) is 5.82 Å². The van der Waals surface area contributed by atoms with Crippen LogP contribution in [0.3, 0.4) is 0 Å². The van der Waals surface area contributed by atoms with Crippen LogP contribution in [0.2, 0.25) is 5.02 Å². The van der Waals surface area contributed by atoms with Crippen LogP contribution in [0, 0.1) is 5.82 Å². The van der Waals surface area contributed by atoms with Crippen molar-refractivity contribution in [3.8, 4) is 0 Å². The van der Waals surface area contributed by atoms with Crippen LogP contribution in [0.4, 0.5) is 10.1 Å². The SMILES string of the molecule is O=S(=O)(N[C@@H]1CCCC[C@H]1N1CCN(c2ccccc2F)CC1)c1ccc(Cl)cc1. The van der Waals surface area contributed by atoms with Gasteiger partial charge in [-0.3, -0.25) is 4.90 Å². The van der Waals surface area contributed by atoms with E-state index in [-0.39, 0.29) is 22.8 Å². The number of halogens is 2. The maximum Gasteiger partial charge on any atom is 0.240 e. The summed E-state index contributed by atoms with van der Waals surface area (Å²) in [5.41, 5.74) is 0.640. The molecule has 1 saturated carbocycles. The molecule has 2 aliphatic rings. The Morgan fingerprint density at radius 3 is 2.30 bits per heavy atom. The minimum Gasteiger partial charge on any atom is -0.367 e. The molecule has 0 spiro atoms.